The van der Waals surface area contributed by atoms with Gasteiger partial charge in [0.15, 0.2) is 0 Å². The van der Waals surface area contributed by atoms with Crippen molar-refractivity contribution in [3.05, 3.63) is 38.0 Å². The number of unbranched alkanes of at least 4 members (excludes halogenated alkanes) is 7. The van der Waals surface area contributed by atoms with Crippen LogP contribution in [0.1, 0.15) is 79.1 Å². The zero-order valence-electron chi connectivity index (χ0n) is 14.8. The summed E-state index contributed by atoms with van der Waals surface area (Å²) in [6.07, 6.45) is 16.2. The third-order valence-electron chi connectivity index (χ3n) is 2.06. The lowest BCUT2D eigenvalue weighted by molar-refractivity contribution is 0.578. The third-order valence-corrected chi connectivity index (χ3v) is 2.06. The predicted octanol–water partition coefficient (Wildman–Crippen LogP) is 6.66. The van der Waals surface area contributed by atoms with E-state index in [1.54, 1.807) is 18.2 Å². The molecule has 0 aliphatic rings. The van der Waals surface area contributed by atoms with Crippen LogP contribution in [0.25, 0.3) is 0 Å². The minimum absolute atomic E-state index is 0.870. The van der Waals surface area contributed by atoms with Crippen molar-refractivity contribution in [1.29, 1.82) is 0 Å². The molecule has 0 radical (unpaired) electrons. The molecule has 122 valence electrons. The molecule has 0 aromatic heterocycles. The van der Waals surface area contributed by atoms with Gasteiger partial charge in [-0.2, -0.15) is 0 Å². The Morgan fingerprint density at radius 2 is 0.900 bits per heavy atom. The summed E-state index contributed by atoms with van der Waals surface area (Å²) in [7, 11) is 0. The van der Waals surface area contributed by atoms with Gasteiger partial charge < -0.3 is 5.73 Å². The second-order valence-corrected chi connectivity index (χ2v) is 4.49. The average Bonchev–Trinajstić information content (AvgIpc) is 2.41. The zero-order chi connectivity index (χ0) is 16.5. The van der Waals surface area contributed by atoms with Crippen LogP contribution in [0.3, 0.4) is 0 Å². The van der Waals surface area contributed by atoms with Crippen molar-refractivity contribution in [2.75, 3.05) is 6.54 Å². The normalized spacial score (nSPS) is 7.65. The van der Waals surface area contributed by atoms with E-state index in [9.17, 15) is 0 Å². The number of rotatable bonds is 8. The van der Waals surface area contributed by atoms with Crippen LogP contribution >= 0.6 is 0 Å². The lowest BCUT2D eigenvalue weighted by atomic mass is 10.1. The van der Waals surface area contributed by atoms with Crippen LogP contribution in [0.5, 0.6) is 0 Å². The fraction of sp³-hybridized carbons (Fsp3) is 0.684. The molecule has 0 atom stereocenters. The molecule has 0 fully saturated rings. The van der Waals surface area contributed by atoms with Gasteiger partial charge in [0, 0.05) is 0 Å². The first-order valence-corrected chi connectivity index (χ1v) is 8.07. The summed E-state index contributed by atoms with van der Waals surface area (Å²) in [6.45, 7) is 18.9. The van der Waals surface area contributed by atoms with Crippen LogP contribution in [-0.4, -0.2) is 6.54 Å². The van der Waals surface area contributed by atoms with Gasteiger partial charge in [0.25, 0.3) is 0 Å². The van der Waals surface area contributed by atoms with Crippen LogP contribution in [0.2, 0.25) is 0 Å². The lowest BCUT2D eigenvalue weighted by Crippen LogP contribution is -1.97. The maximum atomic E-state index is 5.39. The first-order chi connectivity index (χ1) is 9.66. The molecule has 0 saturated heterocycles. The monoisotopic (exact) mass is 283 g/mol. The van der Waals surface area contributed by atoms with Crippen molar-refractivity contribution in [2.24, 2.45) is 5.73 Å². The quantitative estimate of drug-likeness (QED) is 0.391. The van der Waals surface area contributed by atoms with Gasteiger partial charge in [0.1, 0.15) is 0 Å². The van der Waals surface area contributed by atoms with Gasteiger partial charge in [-0.1, -0.05) is 70.1 Å². The van der Waals surface area contributed by atoms with E-state index in [0.717, 1.165) is 6.54 Å². The van der Waals surface area contributed by atoms with Crippen LogP contribution in [0, 0.1) is 0 Å². The average molecular weight is 284 g/mol. The number of nitrogens with two attached hydrogens (primary N) is 1. The van der Waals surface area contributed by atoms with Gasteiger partial charge in [-0.05, 0) is 33.7 Å². The van der Waals surface area contributed by atoms with Crippen molar-refractivity contribution in [1.82, 2.24) is 0 Å². The highest BCUT2D eigenvalue weighted by molar-refractivity contribution is 4.52. The fourth-order valence-electron chi connectivity index (χ4n) is 1.28. The Kier molecular flexibility index (Phi) is 59.0. The highest BCUT2D eigenvalue weighted by atomic mass is 14.5. The second-order valence-electron chi connectivity index (χ2n) is 4.49. The number of hydrogen-bond acceptors (Lipinski definition) is 1. The molecule has 0 rings (SSSR count). The summed E-state index contributed by atoms with van der Waals surface area (Å²) in [5.41, 5.74) is 5.39. The van der Waals surface area contributed by atoms with Gasteiger partial charge in [-0.15, -0.1) is 19.7 Å². The van der Waals surface area contributed by atoms with Crippen molar-refractivity contribution in [3.8, 4) is 0 Å². The molecule has 2 N–H and O–H groups in total. The molecule has 0 aliphatic heterocycles. The molecule has 0 heterocycles. The van der Waals surface area contributed by atoms with E-state index in [-0.39, 0.29) is 0 Å². The van der Waals surface area contributed by atoms with Crippen molar-refractivity contribution >= 4 is 0 Å². The molecule has 0 aromatic rings. The van der Waals surface area contributed by atoms with Crippen molar-refractivity contribution < 1.29 is 0 Å². The maximum Gasteiger partial charge on any atom is -0.00773 e. The molecule has 0 aliphatic carbocycles. The summed E-state index contributed by atoms with van der Waals surface area (Å²) in [5.74, 6) is 0. The van der Waals surface area contributed by atoms with E-state index in [1.165, 1.54) is 51.4 Å². The Balaban J connectivity index is -0.000000117. The standard InChI is InChI=1S/C10H23N.3C3H6/c1-2-3-4-5-6-7-8-9-10-11;3*1-3-2/h2-11H2,1H3;3*3H,1H2,2H3. The SMILES string of the molecule is C=CC.C=CC.C=CC.CCCCCCCCCCN. The summed E-state index contributed by atoms with van der Waals surface area (Å²) in [6, 6.07) is 0. The maximum absolute atomic E-state index is 5.39. The van der Waals surface area contributed by atoms with Gasteiger partial charge in [0.05, 0.1) is 0 Å². The molecular weight excluding hydrogens is 242 g/mol. The first kappa shape index (κ1) is 27.5. The van der Waals surface area contributed by atoms with Gasteiger partial charge in [0.2, 0.25) is 0 Å². The molecule has 0 saturated carbocycles. The largest absolute Gasteiger partial charge is 0.330 e. The molecule has 1 nitrogen and oxygen atoms in total. The van der Waals surface area contributed by atoms with Gasteiger partial charge in [-0.3, -0.25) is 0 Å². The van der Waals surface area contributed by atoms with Crippen LogP contribution in [-0.2, 0) is 0 Å². The first-order valence-electron chi connectivity index (χ1n) is 8.07. The zero-order valence-corrected chi connectivity index (χ0v) is 14.8. The van der Waals surface area contributed by atoms with E-state index in [2.05, 4.69) is 26.7 Å². The van der Waals surface area contributed by atoms with Crippen LogP contribution in [0.15, 0.2) is 38.0 Å². The highest BCUT2D eigenvalue weighted by Gasteiger charge is 1.89. The molecular formula is C19H41N. The number of hydrogen-bond donors (Lipinski definition) is 1. The summed E-state index contributed by atoms with van der Waals surface area (Å²) in [5, 5.41) is 0. The summed E-state index contributed by atoms with van der Waals surface area (Å²) in [4.78, 5) is 0. The predicted molar refractivity (Wildman–Crippen MR) is 99.3 cm³/mol. The minimum atomic E-state index is 0.870. The smallest absolute Gasteiger partial charge is 0.00773 e. The third kappa shape index (κ3) is 87.2. The van der Waals surface area contributed by atoms with E-state index in [4.69, 9.17) is 5.73 Å². The molecule has 0 unspecified atom stereocenters. The molecule has 0 aromatic carbocycles. The van der Waals surface area contributed by atoms with E-state index in [1.807, 2.05) is 20.8 Å². The van der Waals surface area contributed by atoms with Crippen LogP contribution < -0.4 is 5.73 Å². The van der Waals surface area contributed by atoms with E-state index < -0.39 is 0 Å². The molecule has 0 amide bonds. The van der Waals surface area contributed by atoms with Crippen LogP contribution in [0.4, 0.5) is 0 Å². The Bertz CT molecular complexity index is 128. The second kappa shape index (κ2) is 42.9. The highest BCUT2D eigenvalue weighted by Crippen LogP contribution is 2.07. The molecule has 20 heavy (non-hydrogen) atoms. The fourth-order valence-corrected chi connectivity index (χ4v) is 1.28. The molecule has 1 heteroatoms. The van der Waals surface area contributed by atoms with Gasteiger partial charge >= 0.3 is 0 Å². The molecule has 0 bridgehead atoms. The van der Waals surface area contributed by atoms with Gasteiger partial charge in [-0.25, -0.2) is 0 Å². The lowest BCUT2D eigenvalue weighted by Gasteiger charge is -1.99. The Hall–Kier alpha value is -0.820. The Morgan fingerprint density at radius 3 is 1.15 bits per heavy atom. The van der Waals surface area contributed by atoms with Crippen molar-refractivity contribution in [2.45, 2.75) is 79.1 Å². The Labute approximate surface area is 130 Å². The summed E-state index contributed by atoms with van der Waals surface area (Å²) >= 11 is 0. The van der Waals surface area contributed by atoms with E-state index in [0.29, 0.717) is 0 Å². The van der Waals surface area contributed by atoms with Crippen molar-refractivity contribution in [3.63, 3.8) is 0 Å². The topological polar surface area (TPSA) is 26.0 Å². The number of allylic oxidation sites excluding steroid dienone is 3. The Morgan fingerprint density at radius 1 is 0.650 bits per heavy atom. The summed E-state index contributed by atoms with van der Waals surface area (Å²) < 4.78 is 0. The van der Waals surface area contributed by atoms with E-state index >= 15 is 0 Å². The minimum Gasteiger partial charge on any atom is -0.330 e. The molecule has 0 spiro atoms.